The third-order valence-electron chi connectivity index (χ3n) is 2.94. The van der Waals surface area contributed by atoms with E-state index in [1.807, 2.05) is 13.8 Å². The van der Waals surface area contributed by atoms with Gasteiger partial charge in [-0.15, -0.1) is 0 Å². The van der Waals surface area contributed by atoms with Crippen LogP contribution in [0, 0.1) is 23.0 Å². The zero-order chi connectivity index (χ0) is 16.2. The topological polar surface area (TPSA) is 84.3 Å². The molecule has 0 fully saturated rings. The molecule has 6 nitrogen and oxygen atoms in total. The number of carbonyl (C=O) groups is 1. The van der Waals surface area contributed by atoms with E-state index in [1.54, 1.807) is 13.8 Å². The molecule has 2 N–H and O–H groups in total. The largest absolute Gasteiger partial charge is 0.374 e. The molecular formula is C14H20ClN3O3. The minimum Gasteiger partial charge on any atom is -0.374 e. The number of nitrogens with one attached hydrogen (secondary N) is 2. The molecule has 0 saturated carbocycles. The number of benzene rings is 1. The van der Waals surface area contributed by atoms with Crippen LogP contribution in [0.3, 0.4) is 0 Å². The molecule has 7 heteroatoms. The fraction of sp³-hybridized carbons (Fsp3) is 0.500. The second-order valence-corrected chi connectivity index (χ2v) is 5.79. The third-order valence-corrected chi connectivity index (χ3v) is 3.24. The van der Waals surface area contributed by atoms with Gasteiger partial charge in [-0.1, -0.05) is 25.4 Å². The molecule has 0 saturated heterocycles. The van der Waals surface area contributed by atoms with E-state index in [4.69, 9.17) is 11.6 Å². The van der Waals surface area contributed by atoms with Gasteiger partial charge < -0.3 is 10.6 Å². The van der Waals surface area contributed by atoms with Gasteiger partial charge in [0, 0.05) is 18.3 Å². The number of hydrogen-bond acceptors (Lipinski definition) is 4. The molecule has 116 valence electrons. The van der Waals surface area contributed by atoms with Crippen LogP contribution in [-0.4, -0.2) is 23.4 Å². The van der Waals surface area contributed by atoms with Crippen LogP contribution in [0.25, 0.3) is 0 Å². The number of anilines is 1. The van der Waals surface area contributed by atoms with Crippen LogP contribution in [0.4, 0.5) is 11.4 Å². The van der Waals surface area contributed by atoms with Crippen LogP contribution in [0.2, 0.25) is 5.02 Å². The van der Waals surface area contributed by atoms with Crippen molar-refractivity contribution in [1.82, 2.24) is 5.32 Å². The second kappa shape index (κ2) is 7.26. The number of nitro groups is 1. The normalized spacial score (nSPS) is 12.1. The van der Waals surface area contributed by atoms with Crippen molar-refractivity contribution in [2.75, 3.05) is 11.9 Å². The maximum Gasteiger partial charge on any atom is 0.288 e. The summed E-state index contributed by atoms with van der Waals surface area (Å²) in [6, 6.07) is 2.41. The van der Waals surface area contributed by atoms with Gasteiger partial charge in [0.2, 0.25) is 5.91 Å². The lowest BCUT2D eigenvalue weighted by Crippen LogP contribution is -2.39. The summed E-state index contributed by atoms with van der Waals surface area (Å²) in [5.41, 5.74) is 1.13. The Labute approximate surface area is 129 Å². The highest BCUT2D eigenvalue weighted by Gasteiger charge is 2.18. The van der Waals surface area contributed by atoms with E-state index in [1.165, 1.54) is 12.1 Å². The molecule has 0 spiro atoms. The maximum absolute atomic E-state index is 11.9. The zero-order valence-corrected chi connectivity index (χ0v) is 13.3. The summed E-state index contributed by atoms with van der Waals surface area (Å²) in [7, 11) is 0. The minimum atomic E-state index is -0.530. The molecule has 0 bridgehead atoms. The van der Waals surface area contributed by atoms with E-state index in [0.717, 1.165) is 0 Å². The smallest absolute Gasteiger partial charge is 0.288 e. The lowest BCUT2D eigenvalue weighted by molar-refractivity contribution is -0.384. The van der Waals surface area contributed by atoms with Crippen LogP contribution >= 0.6 is 11.6 Å². The summed E-state index contributed by atoms with van der Waals surface area (Å²) in [6.45, 7) is 8.08. The third kappa shape index (κ3) is 4.90. The Balaban J connectivity index is 2.81. The van der Waals surface area contributed by atoms with Crippen molar-refractivity contribution in [2.45, 2.75) is 33.7 Å². The summed E-state index contributed by atoms with van der Waals surface area (Å²) in [5.74, 6) is 0.245. The summed E-state index contributed by atoms with van der Waals surface area (Å²) in [6.07, 6.45) is 0. The Hall–Kier alpha value is -1.82. The Morgan fingerprint density at radius 2 is 2.00 bits per heavy atom. The van der Waals surface area contributed by atoms with Gasteiger partial charge in [0.05, 0.1) is 4.92 Å². The monoisotopic (exact) mass is 313 g/mol. The highest BCUT2D eigenvalue weighted by Crippen LogP contribution is 2.30. The molecule has 21 heavy (non-hydrogen) atoms. The second-order valence-electron chi connectivity index (χ2n) is 5.38. The molecule has 0 heterocycles. The Kier molecular flexibility index (Phi) is 5.96. The van der Waals surface area contributed by atoms with E-state index in [0.29, 0.717) is 23.7 Å². The highest BCUT2D eigenvalue weighted by atomic mass is 35.5. The van der Waals surface area contributed by atoms with Gasteiger partial charge in [-0.05, 0) is 31.4 Å². The summed E-state index contributed by atoms with van der Waals surface area (Å²) >= 11 is 5.88. The van der Waals surface area contributed by atoms with Crippen molar-refractivity contribution >= 4 is 28.9 Å². The molecule has 1 atom stereocenters. The Morgan fingerprint density at radius 3 is 2.52 bits per heavy atom. The van der Waals surface area contributed by atoms with Crippen molar-refractivity contribution in [3.63, 3.8) is 0 Å². The van der Waals surface area contributed by atoms with Crippen molar-refractivity contribution in [1.29, 1.82) is 0 Å². The predicted octanol–water partition coefficient (Wildman–Crippen LogP) is 3.13. The first-order chi connectivity index (χ1) is 9.72. The number of nitro benzene ring substituents is 1. The Bertz CT molecular complexity index is 547. The van der Waals surface area contributed by atoms with E-state index < -0.39 is 11.0 Å². The Morgan fingerprint density at radius 1 is 1.38 bits per heavy atom. The number of hydrogen-bond donors (Lipinski definition) is 2. The first-order valence-corrected chi connectivity index (χ1v) is 7.09. The lowest BCUT2D eigenvalue weighted by Gasteiger charge is -2.18. The number of carbonyl (C=O) groups excluding carboxylic acids is 1. The molecule has 0 radical (unpaired) electrons. The molecule has 0 aliphatic carbocycles. The zero-order valence-electron chi connectivity index (χ0n) is 12.6. The first-order valence-electron chi connectivity index (χ1n) is 6.71. The molecule has 1 aromatic carbocycles. The van der Waals surface area contributed by atoms with Crippen LogP contribution in [0.15, 0.2) is 12.1 Å². The van der Waals surface area contributed by atoms with Gasteiger partial charge in [0.1, 0.15) is 11.1 Å². The first kappa shape index (κ1) is 17.2. The summed E-state index contributed by atoms with van der Waals surface area (Å²) in [5, 5.41) is 16.7. The fourth-order valence-electron chi connectivity index (χ4n) is 1.72. The van der Waals surface area contributed by atoms with Crippen LogP contribution in [0.5, 0.6) is 0 Å². The molecule has 1 amide bonds. The highest BCUT2D eigenvalue weighted by molar-refractivity contribution is 6.33. The van der Waals surface area contributed by atoms with Gasteiger partial charge in [0.25, 0.3) is 5.69 Å². The molecular weight excluding hydrogens is 294 g/mol. The standard InChI is InChI=1S/C14H20ClN3O3/c1-8(2)7-16-14(19)10(4)17-12-6-11(15)13(18(20)21)5-9(12)3/h5-6,8,10,17H,7H2,1-4H3,(H,16,19). The number of amides is 1. The van der Waals surface area contributed by atoms with Crippen LogP contribution in [-0.2, 0) is 4.79 Å². The van der Waals surface area contributed by atoms with Crippen LogP contribution < -0.4 is 10.6 Å². The quantitative estimate of drug-likeness (QED) is 0.624. The number of halogens is 1. The van der Waals surface area contributed by atoms with Gasteiger partial charge in [0.15, 0.2) is 0 Å². The minimum absolute atomic E-state index is 0.0443. The van der Waals surface area contributed by atoms with Crippen molar-refractivity contribution in [3.8, 4) is 0 Å². The fourth-order valence-corrected chi connectivity index (χ4v) is 1.95. The van der Waals surface area contributed by atoms with Crippen molar-refractivity contribution in [3.05, 3.63) is 32.8 Å². The van der Waals surface area contributed by atoms with E-state index in [2.05, 4.69) is 10.6 Å². The van der Waals surface area contributed by atoms with E-state index in [9.17, 15) is 14.9 Å². The molecule has 1 aromatic rings. The molecule has 1 rings (SSSR count). The van der Waals surface area contributed by atoms with Gasteiger partial charge in [-0.25, -0.2) is 0 Å². The van der Waals surface area contributed by atoms with Gasteiger partial charge in [-0.2, -0.15) is 0 Å². The lowest BCUT2D eigenvalue weighted by atomic mass is 10.1. The SMILES string of the molecule is Cc1cc([N+](=O)[O-])c(Cl)cc1NC(C)C(=O)NCC(C)C. The number of aryl methyl sites for hydroxylation is 1. The average Bonchev–Trinajstić information content (AvgIpc) is 2.39. The molecule has 0 aromatic heterocycles. The summed E-state index contributed by atoms with van der Waals surface area (Å²) < 4.78 is 0. The predicted molar refractivity (Wildman–Crippen MR) is 83.8 cm³/mol. The van der Waals surface area contributed by atoms with Gasteiger partial charge >= 0.3 is 0 Å². The number of rotatable bonds is 6. The molecule has 0 aliphatic heterocycles. The molecule has 1 unspecified atom stereocenters. The maximum atomic E-state index is 11.9. The van der Waals surface area contributed by atoms with Crippen LogP contribution in [0.1, 0.15) is 26.3 Å². The molecule has 0 aliphatic rings. The number of nitrogens with zero attached hydrogens (tertiary/aromatic N) is 1. The van der Waals surface area contributed by atoms with E-state index in [-0.39, 0.29) is 16.6 Å². The van der Waals surface area contributed by atoms with Crippen molar-refractivity contribution < 1.29 is 9.72 Å². The summed E-state index contributed by atoms with van der Waals surface area (Å²) in [4.78, 5) is 22.2. The average molecular weight is 314 g/mol. The van der Waals surface area contributed by atoms with E-state index >= 15 is 0 Å². The van der Waals surface area contributed by atoms with Crippen molar-refractivity contribution in [2.24, 2.45) is 5.92 Å². The van der Waals surface area contributed by atoms with Gasteiger partial charge in [-0.3, -0.25) is 14.9 Å².